The lowest BCUT2D eigenvalue weighted by molar-refractivity contribution is 0.0203. The highest BCUT2D eigenvalue weighted by Crippen LogP contribution is 2.34. The van der Waals surface area contributed by atoms with E-state index in [1.54, 1.807) is 21.9 Å². The molecule has 0 N–H and O–H groups in total. The molecule has 218 valence electrons. The number of carbonyl (C=O) groups excluding carboxylic acids is 2. The van der Waals surface area contributed by atoms with Gasteiger partial charge in [-0.25, -0.2) is 22.6 Å². The van der Waals surface area contributed by atoms with Crippen molar-refractivity contribution in [1.82, 2.24) is 19.6 Å². The van der Waals surface area contributed by atoms with Crippen LogP contribution in [0.5, 0.6) is 0 Å². The minimum atomic E-state index is -0.785. The van der Waals surface area contributed by atoms with Crippen LogP contribution < -0.4 is 4.90 Å². The quantitative estimate of drug-likeness (QED) is 0.423. The van der Waals surface area contributed by atoms with E-state index in [0.29, 0.717) is 63.4 Å². The summed E-state index contributed by atoms with van der Waals surface area (Å²) >= 11 is 0. The molecule has 0 saturated carbocycles. The first-order valence-corrected chi connectivity index (χ1v) is 13.8. The fourth-order valence-electron chi connectivity index (χ4n) is 5.41. The van der Waals surface area contributed by atoms with Crippen LogP contribution in [0.1, 0.15) is 55.6 Å². The van der Waals surface area contributed by atoms with Gasteiger partial charge in [-0.05, 0) is 70.0 Å². The zero-order valence-electron chi connectivity index (χ0n) is 23.4. The van der Waals surface area contributed by atoms with Crippen LogP contribution in [0, 0.1) is 17.5 Å². The molecule has 2 aliphatic rings. The summed E-state index contributed by atoms with van der Waals surface area (Å²) in [5, 5.41) is 4.40. The molecule has 0 radical (unpaired) electrons. The van der Waals surface area contributed by atoms with Crippen molar-refractivity contribution in [2.45, 2.75) is 45.1 Å². The van der Waals surface area contributed by atoms with E-state index < -0.39 is 23.3 Å². The van der Waals surface area contributed by atoms with Crippen molar-refractivity contribution in [2.75, 3.05) is 44.2 Å². The molecule has 41 heavy (non-hydrogen) atoms. The van der Waals surface area contributed by atoms with E-state index in [9.17, 15) is 22.8 Å². The van der Waals surface area contributed by atoms with Crippen molar-refractivity contribution in [1.29, 1.82) is 0 Å². The second-order valence-corrected chi connectivity index (χ2v) is 11.4. The van der Waals surface area contributed by atoms with Gasteiger partial charge < -0.3 is 19.4 Å². The van der Waals surface area contributed by atoms with Crippen molar-refractivity contribution in [3.63, 3.8) is 0 Å². The molecular formula is C30H34F3N5O3. The number of nitrogens with zero attached hydrogens (tertiary/aromatic N) is 5. The van der Waals surface area contributed by atoms with Gasteiger partial charge in [-0.2, -0.15) is 5.10 Å². The maximum atomic E-state index is 14.9. The van der Waals surface area contributed by atoms with Crippen molar-refractivity contribution < 1.29 is 27.5 Å². The van der Waals surface area contributed by atoms with E-state index in [2.05, 4.69) is 10.00 Å². The van der Waals surface area contributed by atoms with Crippen LogP contribution in [0.2, 0.25) is 0 Å². The van der Waals surface area contributed by atoms with Gasteiger partial charge in [-0.3, -0.25) is 4.79 Å². The van der Waals surface area contributed by atoms with E-state index in [0.717, 1.165) is 17.8 Å². The first-order valence-electron chi connectivity index (χ1n) is 13.8. The number of amides is 2. The highest BCUT2D eigenvalue weighted by molar-refractivity contribution is 5.95. The molecule has 2 aromatic carbocycles. The van der Waals surface area contributed by atoms with Crippen LogP contribution in [0.15, 0.2) is 48.7 Å². The Hall–Kier alpha value is -4.02. The monoisotopic (exact) mass is 569 g/mol. The molecule has 2 fully saturated rings. The first kappa shape index (κ1) is 28.5. The minimum absolute atomic E-state index is 0.0520. The predicted molar refractivity (Wildman–Crippen MR) is 148 cm³/mol. The number of piperazine rings is 1. The lowest BCUT2D eigenvalue weighted by Gasteiger charge is -2.37. The lowest BCUT2D eigenvalue weighted by atomic mass is 9.90. The second kappa shape index (κ2) is 11.5. The molecule has 3 heterocycles. The Balaban J connectivity index is 1.38. The standard InChI is InChI=1S/C30H34F3N5O3/c1-30(2,3)41-29(40)37-12-10-20(11-13-37)27-24(19-34-38(27)26-9-6-22(32)18-25(26)33)28(39)36-16-14-35(15-17-36)23-7-4-21(31)5-8-23/h4-9,18-20H,10-17H2,1-3H3. The third-order valence-electron chi connectivity index (χ3n) is 7.47. The van der Waals surface area contributed by atoms with Gasteiger partial charge in [0.2, 0.25) is 0 Å². The maximum Gasteiger partial charge on any atom is 0.410 e. The first-order chi connectivity index (χ1) is 19.5. The zero-order chi connectivity index (χ0) is 29.3. The molecule has 0 spiro atoms. The van der Waals surface area contributed by atoms with Crippen LogP contribution in [0.3, 0.4) is 0 Å². The molecule has 2 saturated heterocycles. The van der Waals surface area contributed by atoms with Crippen molar-refractivity contribution in [2.24, 2.45) is 0 Å². The summed E-state index contributed by atoms with van der Waals surface area (Å²) in [6, 6.07) is 9.53. The summed E-state index contributed by atoms with van der Waals surface area (Å²) in [5.41, 5.74) is 1.23. The number of hydrogen-bond acceptors (Lipinski definition) is 5. The normalized spacial score (nSPS) is 16.7. The van der Waals surface area contributed by atoms with E-state index in [4.69, 9.17) is 4.74 Å². The van der Waals surface area contributed by atoms with Gasteiger partial charge in [0.1, 0.15) is 22.9 Å². The topological polar surface area (TPSA) is 70.9 Å². The third-order valence-corrected chi connectivity index (χ3v) is 7.47. The van der Waals surface area contributed by atoms with Gasteiger partial charge in [0, 0.05) is 56.9 Å². The molecule has 11 heteroatoms. The maximum absolute atomic E-state index is 14.9. The van der Waals surface area contributed by atoms with Crippen LogP contribution in [-0.4, -0.2) is 76.5 Å². The molecule has 0 unspecified atom stereocenters. The molecule has 1 aromatic heterocycles. The Morgan fingerprint density at radius 3 is 2.10 bits per heavy atom. The largest absolute Gasteiger partial charge is 0.444 e. The van der Waals surface area contributed by atoms with Crippen LogP contribution >= 0.6 is 0 Å². The second-order valence-electron chi connectivity index (χ2n) is 11.4. The summed E-state index contributed by atoms with van der Waals surface area (Å²) < 4.78 is 48.9. The number of rotatable bonds is 4. The number of carbonyl (C=O) groups is 2. The summed E-state index contributed by atoms with van der Waals surface area (Å²) in [5.74, 6) is -2.21. The lowest BCUT2D eigenvalue weighted by Crippen LogP contribution is -2.49. The Kier molecular flexibility index (Phi) is 7.97. The highest BCUT2D eigenvalue weighted by Gasteiger charge is 2.34. The predicted octanol–water partition coefficient (Wildman–Crippen LogP) is 5.37. The van der Waals surface area contributed by atoms with E-state index in [1.165, 1.54) is 29.1 Å². The van der Waals surface area contributed by atoms with Crippen LogP contribution in [-0.2, 0) is 4.74 Å². The smallest absolute Gasteiger partial charge is 0.410 e. The molecular weight excluding hydrogens is 535 g/mol. The average molecular weight is 570 g/mol. The number of piperidine rings is 1. The minimum Gasteiger partial charge on any atom is -0.444 e. The molecule has 5 rings (SSSR count). The molecule has 3 aromatic rings. The number of hydrogen-bond donors (Lipinski definition) is 0. The Morgan fingerprint density at radius 1 is 0.854 bits per heavy atom. The molecule has 0 aliphatic carbocycles. The molecule has 0 atom stereocenters. The fourth-order valence-corrected chi connectivity index (χ4v) is 5.41. The molecule has 8 nitrogen and oxygen atoms in total. The van der Waals surface area contributed by atoms with Gasteiger partial charge in [0.25, 0.3) is 5.91 Å². The Labute approximate surface area is 237 Å². The zero-order valence-corrected chi connectivity index (χ0v) is 23.4. The molecule has 2 amide bonds. The fraction of sp³-hybridized carbons (Fsp3) is 0.433. The third kappa shape index (κ3) is 6.34. The SMILES string of the molecule is CC(C)(C)OC(=O)N1CCC(c2c(C(=O)N3CCN(c4ccc(F)cc4)CC3)cnn2-c2ccc(F)cc2F)CC1. The number of benzene rings is 2. The summed E-state index contributed by atoms with van der Waals surface area (Å²) in [7, 11) is 0. The van der Waals surface area contributed by atoms with Gasteiger partial charge in [-0.1, -0.05) is 0 Å². The van der Waals surface area contributed by atoms with Crippen molar-refractivity contribution in [3.8, 4) is 5.69 Å². The van der Waals surface area contributed by atoms with Gasteiger partial charge in [0.15, 0.2) is 5.82 Å². The number of ether oxygens (including phenoxy) is 1. The van der Waals surface area contributed by atoms with Crippen LogP contribution in [0.4, 0.5) is 23.7 Å². The Bertz CT molecular complexity index is 1400. The van der Waals surface area contributed by atoms with Gasteiger partial charge >= 0.3 is 6.09 Å². The van der Waals surface area contributed by atoms with E-state index in [1.807, 2.05) is 20.8 Å². The average Bonchev–Trinajstić information content (AvgIpc) is 3.37. The number of halogens is 3. The summed E-state index contributed by atoms with van der Waals surface area (Å²) in [4.78, 5) is 31.9. The Morgan fingerprint density at radius 2 is 1.49 bits per heavy atom. The van der Waals surface area contributed by atoms with E-state index in [-0.39, 0.29) is 23.3 Å². The van der Waals surface area contributed by atoms with Crippen molar-refractivity contribution in [3.05, 3.63) is 77.4 Å². The van der Waals surface area contributed by atoms with Gasteiger partial charge in [0.05, 0.1) is 17.5 Å². The van der Waals surface area contributed by atoms with Gasteiger partial charge in [-0.15, -0.1) is 0 Å². The van der Waals surface area contributed by atoms with Crippen LogP contribution in [0.25, 0.3) is 5.69 Å². The van der Waals surface area contributed by atoms with Crippen molar-refractivity contribution >= 4 is 17.7 Å². The number of anilines is 1. The molecule has 0 bridgehead atoms. The number of likely N-dealkylation sites (tertiary alicyclic amines) is 1. The summed E-state index contributed by atoms with van der Waals surface area (Å²) in [6.45, 7) is 8.27. The summed E-state index contributed by atoms with van der Waals surface area (Å²) in [6.07, 6.45) is 2.09. The van der Waals surface area contributed by atoms with E-state index >= 15 is 0 Å². The number of aromatic nitrogens is 2. The highest BCUT2D eigenvalue weighted by atomic mass is 19.1. The molecule has 2 aliphatic heterocycles.